The van der Waals surface area contributed by atoms with Crippen LogP contribution in [-0.2, 0) is 11.4 Å². The number of amides is 1. The first-order chi connectivity index (χ1) is 14.6. The summed E-state index contributed by atoms with van der Waals surface area (Å²) in [6.07, 6.45) is 5.75. The van der Waals surface area contributed by atoms with Crippen LogP contribution in [0.3, 0.4) is 0 Å². The molecule has 1 fully saturated rings. The van der Waals surface area contributed by atoms with Crippen molar-refractivity contribution in [2.45, 2.75) is 45.3 Å². The molecule has 0 aromatic heterocycles. The molecule has 0 atom stereocenters. The summed E-state index contributed by atoms with van der Waals surface area (Å²) in [4.78, 5) is 12.4. The summed E-state index contributed by atoms with van der Waals surface area (Å²) in [6, 6.07) is 15.0. The van der Waals surface area contributed by atoms with Crippen LogP contribution in [0.1, 0.15) is 43.7 Å². The Morgan fingerprint density at radius 1 is 1.17 bits per heavy atom. The van der Waals surface area contributed by atoms with Crippen LogP contribution in [0, 0.1) is 11.3 Å². The van der Waals surface area contributed by atoms with Gasteiger partial charge in [-0.2, -0.15) is 5.26 Å². The van der Waals surface area contributed by atoms with Gasteiger partial charge in [-0.3, -0.25) is 4.79 Å². The third kappa shape index (κ3) is 6.01. The molecule has 1 amide bonds. The van der Waals surface area contributed by atoms with Crippen molar-refractivity contribution in [1.82, 2.24) is 5.32 Å². The number of carbonyl (C=O) groups is 1. The molecule has 3 rings (SSSR count). The van der Waals surface area contributed by atoms with Gasteiger partial charge >= 0.3 is 0 Å². The molecule has 5 nitrogen and oxygen atoms in total. The Hall–Kier alpha value is -2.97. The van der Waals surface area contributed by atoms with Gasteiger partial charge < -0.3 is 14.8 Å². The van der Waals surface area contributed by atoms with Crippen molar-refractivity contribution >= 4 is 23.6 Å². The molecule has 2 aromatic rings. The average molecular weight is 425 g/mol. The molecular weight excluding hydrogens is 400 g/mol. The van der Waals surface area contributed by atoms with Crippen molar-refractivity contribution in [3.8, 4) is 17.6 Å². The first-order valence-electron chi connectivity index (χ1n) is 10.2. The molecule has 0 unspecified atom stereocenters. The highest BCUT2D eigenvalue weighted by Gasteiger charge is 2.19. The van der Waals surface area contributed by atoms with Gasteiger partial charge in [0.25, 0.3) is 5.91 Å². The molecule has 1 saturated carbocycles. The van der Waals surface area contributed by atoms with Gasteiger partial charge in [0.1, 0.15) is 18.2 Å². The lowest BCUT2D eigenvalue weighted by Crippen LogP contribution is -2.33. The maximum Gasteiger partial charge on any atom is 0.262 e. The maximum absolute atomic E-state index is 12.4. The van der Waals surface area contributed by atoms with E-state index in [0.29, 0.717) is 35.3 Å². The SMILES string of the molecule is CCOc1cc(/C=C(\C#N)C(=O)NC2CCCC2)ccc1OCc1ccc(Cl)cc1. The van der Waals surface area contributed by atoms with Crippen molar-refractivity contribution in [2.75, 3.05) is 6.61 Å². The summed E-state index contributed by atoms with van der Waals surface area (Å²) < 4.78 is 11.6. The molecule has 0 spiro atoms. The summed E-state index contributed by atoms with van der Waals surface area (Å²) in [6.45, 7) is 2.73. The van der Waals surface area contributed by atoms with E-state index in [1.165, 1.54) is 0 Å². The second-order valence-electron chi connectivity index (χ2n) is 7.18. The minimum Gasteiger partial charge on any atom is -0.490 e. The molecule has 30 heavy (non-hydrogen) atoms. The van der Waals surface area contributed by atoms with E-state index >= 15 is 0 Å². The lowest BCUT2D eigenvalue weighted by molar-refractivity contribution is -0.117. The topological polar surface area (TPSA) is 71.3 Å². The van der Waals surface area contributed by atoms with Crippen LogP contribution in [0.4, 0.5) is 0 Å². The zero-order chi connectivity index (χ0) is 21.3. The zero-order valence-electron chi connectivity index (χ0n) is 17.0. The van der Waals surface area contributed by atoms with Crippen LogP contribution in [0.25, 0.3) is 6.08 Å². The number of ether oxygens (including phenoxy) is 2. The molecule has 1 aliphatic rings. The average Bonchev–Trinajstić information content (AvgIpc) is 3.25. The van der Waals surface area contributed by atoms with E-state index in [-0.39, 0.29) is 17.5 Å². The van der Waals surface area contributed by atoms with E-state index in [1.807, 2.05) is 37.3 Å². The van der Waals surface area contributed by atoms with E-state index in [1.54, 1.807) is 24.3 Å². The van der Waals surface area contributed by atoms with Gasteiger partial charge in [0.05, 0.1) is 6.61 Å². The molecule has 0 heterocycles. The second-order valence-corrected chi connectivity index (χ2v) is 7.62. The van der Waals surface area contributed by atoms with E-state index < -0.39 is 0 Å². The molecule has 0 saturated heterocycles. The molecule has 2 aromatic carbocycles. The molecule has 1 aliphatic carbocycles. The summed E-state index contributed by atoms with van der Waals surface area (Å²) in [5, 5.41) is 13.1. The quantitative estimate of drug-likeness (QED) is 0.462. The van der Waals surface area contributed by atoms with E-state index in [9.17, 15) is 10.1 Å². The standard InChI is InChI=1S/C24H25ClN2O3/c1-2-29-23-14-18(13-19(15-26)24(28)27-21-5-3-4-6-21)9-12-22(23)30-16-17-7-10-20(25)11-8-17/h7-14,21H,2-6,16H2,1H3,(H,27,28)/b19-13+. The van der Waals surface area contributed by atoms with Gasteiger partial charge in [0, 0.05) is 11.1 Å². The summed E-state index contributed by atoms with van der Waals surface area (Å²) >= 11 is 5.92. The van der Waals surface area contributed by atoms with Crippen LogP contribution < -0.4 is 14.8 Å². The van der Waals surface area contributed by atoms with E-state index in [0.717, 1.165) is 31.2 Å². The summed E-state index contributed by atoms with van der Waals surface area (Å²) in [5.41, 5.74) is 1.77. The van der Waals surface area contributed by atoms with Crippen LogP contribution in [0.15, 0.2) is 48.0 Å². The minimum absolute atomic E-state index is 0.0826. The zero-order valence-corrected chi connectivity index (χ0v) is 17.7. The predicted octanol–water partition coefficient (Wildman–Crippen LogP) is 5.28. The third-order valence-corrected chi connectivity index (χ3v) is 5.19. The summed E-state index contributed by atoms with van der Waals surface area (Å²) in [7, 11) is 0. The largest absolute Gasteiger partial charge is 0.490 e. The Morgan fingerprint density at radius 2 is 1.90 bits per heavy atom. The number of hydrogen-bond acceptors (Lipinski definition) is 4. The molecule has 0 bridgehead atoms. The maximum atomic E-state index is 12.4. The van der Waals surface area contributed by atoms with E-state index in [4.69, 9.17) is 21.1 Å². The number of carbonyl (C=O) groups excluding carboxylic acids is 1. The Morgan fingerprint density at radius 3 is 2.57 bits per heavy atom. The van der Waals surface area contributed by atoms with Crippen molar-refractivity contribution in [2.24, 2.45) is 0 Å². The number of halogens is 1. The molecule has 1 N–H and O–H groups in total. The molecule has 156 valence electrons. The molecule has 0 radical (unpaired) electrons. The van der Waals surface area contributed by atoms with Gasteiger partial charge in [-0.05, 0) is 61.2 Å². The monoisotopic (exact) mass is 424 g/mol. The molecule has 6 heteroatoms. The Kier molecular flexibility index (Phi) is 7.75. The Balaban J connectivity index is 1.73. The third-order valence-electron chi connectivity index (χ3n) is 4.94. The molecular formula is C24H25ClN2O3. The highest BCUT2D eigenvalue weighted by molar-refractivity contribution is 6.30. The van der Waals surface area contributed by atoms with Gasteiger partial charge in [0.15, 0.2) is 11.5 Å². The van der Waals surface area contributed by atoms with Crippen molar-refractivity contribution in [3.63, 3.8) is 0 Å². The lowest BCUT2D eigenvalue weighted by atomic mass is 10.1. The molecule has 0 aliphatic heterocycles. The van der Waals surface area contributed by atoms with Crippen molar-refractivity contribution < 1.29 is 14.3 Å². The predicted molar refractivity (Wildman–Crippen MR) is 117 cm³/mol. The van der Waals surface area contributed by atoms with Crippen LogP contribution in [0.5, 0.6) is 11.5 Å². The minimum atomic E-state index is -0.328. The van der Waals surface area contributed by atoms with Crippen molar-refractivity contribution in [3.05, 3.63) is 64.2 Å². The number of benzene rings is 2. The number of nitriles is 1. The van der Waals surface area contributed by atoms with Crippen LogP contribution in [-0.4, -0.2) is 18.6 Å². The Labute approximate surface area is 182 Å². The first kappa shape index (κ1) is 21.7. The first-order valence-corrected chi connectivity index (χ1v) is 10.5. The fraction of sp³-hybridized carbons (Fsp3) is 0.333. The fourth-order valence-corrected chi connectivity index (χ4v) is 3.52. The van der Waals surface area contributed by atoms with Gasteiger partial charge in [-0.25, -0.2) is 0 Å². The normalized spacial score (nSPS) is 14.2. The van der Waals surface area contributed by atoms with Gasteiger partial charge in [-0.15, -0.1) is 0 Å². The Bertz CT molecular complexity index is 942. The van der Waals surface area contributed by atoms with Crippen molar-refractivity contribution in [1.29, 1.82) is 5.26 Å². The lowest BCUT2D eigenvalue weighted by Gasteiger charge is -2.13. The number of rotatable bonds is 8. The smallest absolute Gasteiger partial charge is 0.262 e. The fourth-order valence-electron chi connectivity index (χ4n) is 3.39. The number of hydrogen-bond donors (Lipinski definition) is 1. The van der Waals surface area contributed by atoms with Gasteiger partial charge in [0.2, 0.25) is 0 Å². The number of nitrogens with zero attached hydrogens (tertiary/aromatic N) is 1. The van der Waals surface area contributed by atoms with Crippen LogP contribution >= 0.6 is 11.6 Å². The second kappa shape index (κ2) is 10.7. The van der Waals surface area contributed by atoms with E-state index in [2.05, 4.69) is 5.32 Å². The summed E-state index contributed by atoms with van der Waals surface area (Å²) in [5.74, 6) is 0.831. The number of nitrogens with one attached hydrogen (secondary N) is 1. The highest BCUT2D eigenvalue weighted by atomic mass is 35.5. The highest BCUT2D eigenvalue weighted by Crippen LogP contribution is 2.30. The van der Waals surface area contributed by atoms with Gasteiger partial charge in [-0.1, -0.05) is 42.6 Å². The van der Waals surface area contributed by atoms with Crippen LogP contribution in [0.2, 0.25) is 5.02 Å².